The van der Waals surface area contributed by atoms with Crippen LogP contribution < -0.4 is 14.7 Å². The van der Waals surface area contributed by atoms with E-state index in [0.717, 1.165) is 70.4 Å². The van der Waals surface area contributed by atoms with Gasteiger partial charge < -0.3 is 34.5 Å². The third-order valence-corrected chi connectivity index (χ3v) is 28.9. The van der Waals surface area contributed by atoms with E-state index in [-0.39, 0.29) is 33.8 Å². The number of benzene rings is 5. The quantitative estimate of drug-likeness (QED) is 0.136. The first-order valence-corrected chi connectivity index (χ1v) is 46.3. The average molecular weight is 1560 g/mol. The smallest absolute Gasteiger partial charge is 0.150 e. The molecular weight excluding hydrogens is 1400 g/mol. The van der Waals surface area contributed by atoms with Gasteiger partial charge in [-0.05, 0) is 349 Å². The third kappa shape index (κ3) is 22.5. The van der Waals surface area contributed by atoms with Crippen molar-refractivity contribution in [2.75, 3.05) is 153 Å². The Morgan fingerprint density at radius 2 is 0.598 bits per heavy atom. The molecule has 6 atom stereocenters. The van der Waals surface area contributed by atoms with E-state index in [1.165, 1.54) is 183 Å². The Morgan fingerprint density at radius 3 is 0.911 bits per heavy atom. The van der Waals surface area contributed by atoms with Crippen LogP contribution in [0, 0.1) is 0 Å². The number of aliphatic hydroxyl groups is 1. The zero-order valence-electron chi connectivity index (χ0n) is 73.9. The lowest BCUT2D eigenvalue weighted by atomic mass is 9.86. The molecule has 15 heteroatoms. The van der Waals surface area contributed by atoms with Crippen LogP contribution in [0.3, 0.4) is 0 Å². The van der Waals surface area contributed by atoms with Gasteiger partial charge in [0.25, 0.3) is 0 Å². The number of sulfone groups is 1. The molecule has 1 N–H and O–H groups in total. The molecule has 5 aromatic rings. The van der Waals surface area contributed by atoms with Gasteiger partial charge in [0.05, 0.1) is 17.6 Å². The second kappa shape index (κ2) is 38.2. The highest BCUT2D eigenvalue weighted by Gasteiger charge is 2.42. The maximum absolute atomic E-state index is 11.7. The Kier molecular flexibility index (Phi) is 30.0. The Balaban J connectivity index is 0.000000139. The predicted molar refractivity (Wildman–Crippen MR) is 476 cm³/mol. The monoisotopic (exact) mass is 1550 g/mol. The number of anilines is 3. The number of para-hydroxylation sites is 3. The van der Waals surface area contributed by atoms with E-state index < -0.39 is 9.84 Å². The summed E-state index contributed by atoms with van der Waals surface area (Å²) in [6, 6.07) is 48.7. The maximum Gasteiger partial charge on any atom is 0.150 e. The Morgan fingerprint density at radius 1 is 0.312 bits per heavy atom. The van der Waals surface area contributed by atoms with Crippen LogP contribution in [-0.4, -0.2) is 230 Å². The summed E-state index contributed by atoms with van der Waals surface area (Å²) in [5.74, 6) is 1.82. The Hall–Kier alpha value is -4.91. The first-order chi connectivity index (χ1) is 53.1. The van der Waals surface area contributed by atoms with Crippen LogP contribution in [0.5, 0.6) is 0 Å². The fourth-order valence-electron chi connectivity index (χ4n) is 21.2. The standard InChI is InChI=1S/C21H35N3.C19H31N3.C19H30N2O.C19H30N2.C19H29NO2S/c1-21(2,3)24-14-8-11-20(24)18-9-6-7-10-19(18)23-15-12-17(13-16-23)22(4)5;1-19(2,3)22-11-7-10-18(22)16-8-5-6-9-17(16)21-14-12-20(4)13-15-21;1-19(2,3)21-12-6-9-18(21)16-7-4-5-8-17(16)20-13-10-15(22)11-14-20;1-19(2,3)21-12-7-10-18(21)17-9-6-5-8-16(17)15-11-13-20(4)14-15;1-19(2,3)20-12-6-9-18(20)17-8-5-4-7-16(17)15-10-13-23(21,22)14-11-15/h6-7,9-10,17,20H,8,11-16H2,1-5H3;5-6,8-9,18H,7,10-15H2,1-4H3;4-5,7-8,15,18,22H,6,9-14H2,1-3H3;5-6,8-9,15,18H,7,10-14H2,1-4H3;4-5,7-8,15,18H,6,9-14H2,1-3H3/t;;;;18-/m....1/s1. The van der Waals surface area contributed by atoms with Gasteiger partial charge in [0.2, 0.25) is 0 Å². The summed E-state index contributed by atoms with van der Waals surface area (Å²) >= 11 is 0. The lowest BCUT2D eigenvalue weighted by Crippen LogP contribution is -2.45. The molecule has 15 rings (SSSR count). The van der Waals surface area contributed by atoms with Crippen LogP contribution >= 0.6 is 0 Å². The molecule has 5 unspecified atom stereocenters. The number of hydrogen-bond donors (Lipinski definition) is 1. The van der Waals surface area contributed by atoms with Crippen LogP contribution in [0.15, 0.2) is 121 Å². The minimum atomic E-state index is -2.80. The normalized spacial score (nSPS) is 25.7. The highest BCUT2D eigenvalue weighted by Crippen LogP contribution is 2.48. The van der Waals surface area contributed by atoms with Gasteiger partial charge in [0.15, 0.2) is 0 Å². The summed E-state index contributed by atoms with van der Waals surface area (Å²) in [7, 11) is 6.11. The molecule has 10 heterocycles. The molecule has 0 aromatic heterocycles. The number of nitrogens with zero attached hydrogens (tertiary/aromatic N) is 11. The number of hydrogen-bond acceptors (Lipinski definition) is 14. The summed E-state index contributed by atoms with van der Waals surface area (Å²) in [6.45, 7) is 52.5. The summed E-state index contributed by atoms with van der Waals surface area (Å²) < 4.78 is 23.5. The summed E-state index contributed by atoms with van der Waals surface area (Å²) in [5.41, 5.74) is 16.1. The van der Waals surface area contributed by atoms with Gasteiger partial charge in [0, 0.05) is 140 Å². The van der Waals surface area contributed by atoms with Gasteiger partial charge in [-0.3, -0.25) is 24.5 Å². The third-order valence-electron chi connectivity index (χ3n) is 27.2. The van der Waals surface area contributed by atoms with Crippen molar-refractivity contribution in [2.45, 2.75) is 295 Å². The van der Waals surface area contributed by atoms with Gasteiger partial charge in [0.1, 0.15) is 9.84 Å². The van der Waals surface area contributed by atoms with Crippen LogP contribution in [0.4, 0.5) is 17.1 Å². The molecule has 10 aliphatic rings. The number of likely N-dealkylation sites (tertiary alicyclic amines) is 6. The van der Waals surface area contributed by atoms with E-state index in [1.54, 1.807) is 22.3 Å². The molecule has 0 aliphatic carbocycles. The molecule has 0 saturated carbocycles. The summed E-state index contributed by atoms with van der Waals surface area (Å²) in [4.78, 5) is 28.4. The molecule has 14 nitrogen and oxygen atoms in total. The summed E-state index contributed by atoms with van der Waals surface area (Å²) in [5, 5.41) is 9.77. The van der Waals surface area contributed by atoms with Crippen molar-refractivity contribution in [1.29, 1.82) is 0 Å². The second-order valence-electron chi connectivity index (χ2n) is 40.4. The zero-order chi connectivity index (χ0) is 80.5. The second-order valence-corrected chi connectivity index (χ2v) is 42.7. The molecule has 0 spiro atoms. The van der Waals surface area contributed by atoms with Crippen molar-refractivity contribution in [3.05, 3.63) is 160 Å². The molecule has 0 radical (unpaired) electrons. The van der Waals surface area contributed by atoms with E-state index in [0.29, 0.717) is 47.6 Å². The van der Waals surface area contributed by atoms with E-state index in [2.05, 4.69) is 307 Å². The van der Waals surface area contributed by atoms with E-state index in [4.69, 9.17) is 0 Å². The lowest BCUT2D eigenvalue weighted by Gasteiger charge is -2.41. The Bertz CT molecular complexity index is 3730. The van der Waals surface area contributed by atoms with Crippen molar-refractivity contribution < 1.29 is 13.5 Å². The van der Waals surface area contributed by atoms with Crippen molar-refractivity contribution in [1.82, 2.24) is 39.2 Å². The number of aliphatic hydroxyl groups excluding tert-OH is 1. The van der Waals surface area contributed by atoms with Gasteiger partial charge in [-0.1, -0.05) is 103 Å². The molecule has 112 heavy (non-hydrogen) atoms. The fourth-order valence-corrected chi connectivity index (χ4v) is 22.7. The predicted octanol–water partition coefficient (Wildman–Crippen LogP) is 19.1. The number of piperazine rings is 1. The van der Waals surface area contributed by atoms with Gasteiger partial charge in [-0.25, -0.2) is 8.42 Å². The van der Waals surface area contributed by atoms with Crippen molar-refractivity contribution in [3.63, 3.8) is 0 Å². The highest BCUT2D eigenvalue weighted by atomic mass is 32.2. The molecule has 0 amide bonds. The van der Waals surface area contributed by atoms with Crippen LogP contribution in [-0.2, 0) is 9.84 Å². The Labute approximate surface area is 683 Å². The molecule has 10 fully saturated rings. The first-order valence-electron chi connectivity index (χ1n) is 44.5. The molecule has 622 valence electrons. The zero-order valence-corrected chi connectivity index (χ0v) is 74.7. The topological polar surface area (TPSA) is 90.0 Å². The summed E-state index contributed by atoms with van der Waals surface area (Å²) in [6.07, 6.45) is 20.0. The van der Waals surface area contributed by atoms with Crippen molar-refractivity contribution in [2.24, 2.45) is 0 Å². The van der Waals surface area contributed by atoms with Gasteiger partial charge in [-0.15, -0.1) is 0 Å². The number of likely N-dealkylation sites (N-methyl/N-ethyl adjacent to an activating group) is 2. The molecule has 10 saturated heterocycles. The highest BCUT2D eigenvalue weighted by molar-refractivity contribution is 7.91. The number of rotatable bonds is 11. The maximum atomic E-state index is 11.7. The minimum Gasteiger partial charge on any atom is -0.393 e. The average Bonchev–Trinajstić information content (AvgIpc) is 1.63. The van der Waals surface area contributed by atoms with Crippen LogP contribution in [0.25, 0.3) is 0 Å². The van der Waals surface area contributed by atoms with Crippen LogP contribution in [0.2, 0.25) is 0 Å². The molecule has 10 aliphatic heterocycles. The van der Waals surface area contributed by atoms with Gasteiger partial charge >= 0.3 is 0 Å². The minimum absolute atomic E-state index is 0.110. The largest absolute Gasteiger partial charge is 0.393 e. The first kappa shape index (κ1) is 87.9. The van der Waals surface area contributed by atoms with Crippen molar-refractivity contribution in [3.8, 4) is 0 Å². The van der Waals surface area contributed by atoms with Gasteiger partial charge in [-0.2, -0.15) is 0 Å². The van der Waals surface area contributed by atoms with Crippen LogP contribution in [0.1, 0.15) is 294 Å². The van der Waals surface area contributed by atoms with E-state index in [9.17, 15) is 13.5 Å². The number of piperidine rings is 2. The lowest BCUT2D eigenvalue weighted by molar-refractivity contribution is 0.121. The molecule has 5 aromatic carbocycles. The molecule has 0 bridgehead atoms. The van der Waals surface area contributed by atoms with Crippen molar-refractivity contribution >= 4 is 26.9 Å². The SMILES string of the molecule is CC(C)(C)N1CCCC1c1ccccc1N1CCC(O)CC1.CC(C)(C)N1CCC[C@@H]1c1ccccc1C1CCS(=O)(=O)CC1.CN(C)C1CCN(c2ccccc2C2CCCN2C(C)(C)C)CC1.CN1CCC(c2ccccc2C2CCCN2C(C)(C)C)C1.CN1CCN(c2ccccc2C2CCCN2C(C)(C)C)CC1. The van der Waals surface area contributed by atoms with E-state index in [1.807, 2.05) is 0 Å². The van der Waals surface area contributed by atoms with E-state index >= 15 is 0 Å². The molecular formula is C97H155N11O3S. The fraction of sp³-hybridized carbons (Fsp3) is 0.691.